The van der Waals surface area contributed by atoms with E-state index >= 15 is 0 Å². The molecular weight excluding hydrogens is 444 g/mol. The summed E-state index contributed by atoms with van der Waals surface area (Å²) in [6, 6.07) is 21.8. The highest BCUT2D eigenvalue weighted by Crippen LogP contribution is 2.29. The average Bonchev–Trinajstić information content (AvgIpc) is 2.86. The summed E-state index contributed by atoms with van der Waals surface area (Å²) in [5.41, 5.74) is 1.13. The molecule has 6 heteroatoms. The molecule has 1 atom stereocenters. The number of phenols is 2. The highest BCUT2D eigenvalue weighted by molar-refractivity contribution is 5.88. The molecule has 6 nitrogen and oxygen atoms in total. The summed E-state index contributed by atoms with van der Waals surface area (Å²) in [5, 5.41) is 22.7. The molecule has 0 aliphatic rings. The van der Waals surface area contributed by atoms with E-state index in [-0.39, 0.29) is 29.4 Å². The van der Waals surface area contributed by atoms with Gasteiger partial charge in [0.05, 0.1) is 25.6 Å². The minimum Gasteiger partial charge on any atom is -0.508 e. The summed E-state index contributed by atoms with van der Waals surface area (Å²) >= 11 is 0. The summed E-state index contributed by atoms with van der Waals surface area (Å²) in [6.45, 7) is 5.48. The highest BCUT2D eigenvalue weighted by Gasteiger charge is 2.30. The van der Waals surface area contributed by atoms with Gasteiger partial charge in [-0.25, -0.2) is 0 Å². The van der Waals surface area contributed by atoms with E-state index in [1.165, 1.54) is 14.2 Å². The molecule has 0 bridgehead atoms. The van der Waals surface area contributed by atoms with Gasteiger partial charge < -0.3 is 19.7 Å². The number of carbonyl (C=O) groups excluding carboxylic acids is 2. The average molecular weight is 475 g/mol. The number of hydrogen-bond donors (Lipinski definition) is 2. The third kappa shape index (κ3) is 5.72. The van der Waals surface area contributed by atoms with Crippen LogP contribution in [0, 0.1) is 0 Å². The van der Waals surface area contributed by atoms with Crippen LogP contribution in [0.25, 0.3) is 21.5 Å². The van der Waals surface area contributed by atoms with Crippen molar-refractivity contribution in [1.29, 1.82) is 0 Å². The van der Waals surface area contributed by atoms with E-state index in [2.05, 4.69) is 0 Å². The Morgan fingerprint density at radius 2 is 1.20 bits per heavy atom. The van der Waals surface area contributed by atoms with Crippen LogP contribution in [-0.4, -0.2) is 36.4 Å². The Hall–Kier alpha value is -4.06. The van der Waals surface area contributed by atoms with Gasteiger partial charge in [-0.15, -0.1) is 0 Å². The monoisotopic (exact) mass is 474 g/mol. The van der Waals surface area contributed by atoms with E-state index in [4.69, 9.17) is 9.47 Å². The second kappa shape index (κ2) is 10.5. The fraction of sp³-hybridized carbons (Fsp3) is 0.241. The van der Waals surface area contributed by atoms with Crippen LogP contribution in [0.3, 0.4) is 0 Å². The van der Waals surface area contributed by atoms with Gasteiger partial charge in [-0.05, 0) is 77.7 Å². The number of benzene rings is 4. The van der Waals surface area contributed by atoms with Crippen molar-refractivity contribution in [2.24, 2.45) is 0 Å². The lowest BCUT2D eigenvalue weighted by atomic mass is 9.84. The lowest BCUT2D eigenvalue weighted by molar-refractivity contribution is -0.146. The largest absolute Gasteiger partial charge is 0.508 e. The smallest absolute Gasteiger partial charge is 0.315 e. The maximum Gasteiger partial charge on any atom is 0.315 e. The molecule has 0 amide bonds. The molecule has 1 unspecified atom stereocenters. The standard InChI is InChI=1S/C15H16O3.C14H14O3/c1-15(2,14(17)18-3)12-6-4-11-9-13(16)7-5-10(11)8-12;1-9(14(16)17-2)10-3-4-12-8-13(15)6-5-11(12)7-10/h4-9,16H,1-3H3;3-9,15H,1-2H3. The van der Waals surface area contributed by atoms with Crippen LogP contribution in [0.5, 0.6) is 11.5 Å². The van der Waals surface area contributed by atoms with Crippen LogP contribution in [0.15, 0.2) is 72.8 Å². The van der Waals surface area contributed by atoms with E-state index in [0.717, 1.165) is 32.7 Å². The molecule has 0 saturated carbocycles. The molecule has 0 aliphatic carbocycles. The van der Waals surface area contributed by atoms with Crippen LogP contribution in [0.4, 0.5) is 0 Å². The Labute approximate surface area is 204 Å². The van der Waals surface area contributed by atoms with Gasteiger partial charge in [0.1, 0.15) is 11.5 Å². The summed E-state index contributed by atoms with van der Waals surface area (Å²) in [7, 11) is 2.78. The Morgan fingerprint density at radius 1 is 0.714 bits per heavy atom. The first-order valence-electron chi connectivity index (χ1n) is 11.2. The molecule has 0 radical (unpaired) electrons. The summed E-state index contributed by atoms with van der Waals surface area (Å²) in [6.07, 6.45) is 0. The molecule has 0 fully saturated rings. The quantitative estimate of drug-likeness (QED) is 0.362. The molecule has 4 aromatic rings. The zero-order valence-corrected chi connectivity index (χ0v) is 20.5. The molecule has 0 saturated heterocycles. The van der Waals surface area contributed by atoms with E-state index in [9.17, 15) is 19.8 Å². The molecule has 0 aliphatic heterocycles. The van der Waals surface area contributed by atoms with Crippen molar-refractivity contribution in [3.8, 4) is 11.5 Å². The highest BCUT2D eigenvalue weighted by atomic mass is 16.5. The van der Waals surface area contributed by atoms with Crippen molar-refractivity contribution in [1.82, 2.24) is 0 Å². The normalized spacial score (nSPS) is 11.9. The fourth-order valence-electron chi connectivity index (χ4n) is 3.83. The SMILES string of the molecule is COC(=O)C(C)(C)c1ccc2cc(O)ccc2c1.COC(=O)C(C)c1ccc2cc(O)ccc2c1. The van der Waals surface area contributed by atoms with E-state index < -0.39 is 5.41 Å². The number of aromatic hydroxyl groups is 2. The third-order valence-electron chi connectivity index (χ3n) is 6.14. The molecule has 182 valence electrons. The van der Waals surface area contributed by atoms with Crippen LogP contribution in [0.2, 0.25) is 0 Å². The third-order valence-corrected chi connectivity index (χ3v) is 6.14. The number of methoxy groups -OCH3 is 2. The minimum absolute atomic E-state index is 0.238. The zero-order valence-electron chi connectivity index (χ0n) is 20.5. The van der Waals surface area contributed by atoms with Gasteiger partial charge in [-0.1, -0.05) is 48.5 Å². The number of hydrogen-bond acceptors (Lipinski definition) is 6. The number of ether oxygens (including phenoxy) is 2. The van der Waals surface area contributed by atoms with Gasteiger partial charge in [-0.2, -0.15) is 0 Å². The van der Waals surface area contributed by atoms with Crippen molar-refractivity contribution < 1.29 is 29.3 Å². The van der Waals surface area contributed by atoms with E-state index in [1.807, 2.05) is 69.3 Å². The topological polar surface area (TPSA) is 93.1 Å². The Kier molecular flexibility index (Phi) is 7.65. The van der Waals surface area contributed by atoms with Crippen LogP contribution >= 0.6 is 0 Å². The van der Waals surface area contributed by atoms with Crippen molar-refractivity contribution in [2.75, 3.05) is 14.2 Å². The first-order chi connectivity index (χ1) is 16.6. The van der Waals surface area contributed by atoms with Gasteiger partial charge in [0, 0.05) is 0 Å². The molecule has 4 rings (SSSR count). The van der Waals surface area contributed by atoms with Crippen LogP contribution in [0.1, 0.15) is 37.8 Å². The summed E-state index contributed by atoms with van der Waals surface area (Å²) in [5.74, 6) is -0.310. The lowest BCUT2D eigenvalue weighted by Gasteiger charge is -2.22. The molecule has 0 spiro atoms. The van der Waals surface area contributed by atoms with Crippen LogP contribution < -0.4 is 0 Å². The minimum atomic E-state index is -0.680. The maximum absolute atomic E-state index is 11.8. The number of rotatable bonds is 4. The molecular formula is C29H30O6. The van der Waals surface area contributed by atoms with E-state index in [0.29, 0.717) is 0 Å². The van der Waals surface area contributed by atoms with Gasteiger partial charge in [-0.3, -0.25) is 9.59 Å². The predicted molar refractivity (Wildman–Crippen MR) is 137 cm³/mol. The van der Waals surface area contributed by atoms with Crippen LogP contribution in [-0.2, 0) is 24.5 Å². The number of carbonyl (C=O) groups is 2. The predicted octanol–water partition coefficient (Wildman–Crippen LogP) is 5.82. The summed E-state index contributed by atoms with van der Waals surface area (Å²) < 4.78 is 9.54. The summed E-state index contributed by atoms with van der Waals surface area (Å²) in [4.78, 5) is 23.2. The van der Waals surface area contributed by atoms with E-state index in [1.54, 1.807) is 24.3 Å². The Balaban J connectivity index is 0.000000196. The van der Waals surface area contributed by atoms with Gasteiger partial charge in [0.15, 0.2) is 0 Å². The number of esters is 2. The second-order valence-electron chi connectivity index (χ2n) is 8.90. The van der Waals surface area contributed by atoms with Crippen molar-refractivity contribution in [3.05, 3.63) is 83.9 Å². The first kappa shape index (κ1) is 25.6. The zero-order chi connectivity index (χ0) is 25.8. The number of fused-ring (bicyclic) bond motifs is 2. The van der Waals surface area contributed by atoms with Gasteiger partial charge >= 0.3 is 11.9 Å². The fourth-order valence-corrected chi connectivity index (χ4v) is 3.83. The van der Waals surface area contributed by atoms with Crippen molar-refractivity contribution in [3.63, 3.8) is 0 Å². The Morgan fingerprint density at radius 3 is 1.74 bits per heavy atom. The van der Waals surface area contributed by atoms with Gasteiger partial charge in [0.2, 0.25) is 0 Å². The molecule has 0 heterocycles. The van der Waals surface area contributed by atoms with Gasteiger partial charge in [0.25, 0.3) is 0 Å². The Bertz CT molecular complexity index is 1370. The molecule has 4 aromatic carbocycles. The van der Waals surface area contributed by atoms with Crippen molar-refractivity contribution >= 4 is 33.5 Å². The maximum atomic E-state index is 11.8. The molecule has 2 N–H and O–H groups in total. The number of phenolic OH excluding ortho intramolecular Hbond substituents is 2. The first-order valence-corrected chi connectivity index (χ1v) is 11.2. The molecule has 35 heavy (non-hydrogen) atoms. The van der Waals surface area contributed by atoms with Crippen molar-refractivity contribution in [2.45, 2.75) is 32.1 Å². The second-order valence-corrected chi connectivity index (χ2v) is 8.90. The molecule has 0 aromatic heterocycles. The lowest BCUT2D eigenvalue weighted by Crippen LogP contribution is -2.30.